The molecular weight excluding hydrogens is 250 g/mol. The van der Waals surface area contributed by atoms with E-state index >= 15 is 0 Å². The maximum atomic E-state index is 12.2. The van der Waals surface area contributed by atoms with Crippen LogP contribution in [0.2, 0.25) is 0 Å². The standard InChI is InChI=1S/C12H13N3O2S/c16-12(15-5-3-13-4-6-15)10-8-14-11(18-10)9-2-1-7-17-9/h1-2,7-8,13H,3-6H2. The third kappa shape index (κ3) is 2.16. The summed E-state index contributed by atoms with van der Waals surface area (Å²) in [5, 5.41) is 3.98. The molecule has 6 heteroatoms. The predicted octanol–water partition coefficient (Wildman–Crippen LogP) is 1.45. The minimum Gasteiger partial charge on any atom is -0.462 e. The lowest BCUT2D eigenvalue weighted by molar-refractivity contribution is 0.0740. The second kappa shape index (κ2) is 4.91. The quantitative estimate of drug-likeness (QED) is 0.891. The van der Waals surface area contributed by atoms with E-state index in [-0.39, 0.29) is 5.91 Å². The van der Waals surface area contributed by atoms with E-state index in [2.05, 4.69) is 10.3 Å². The Morgan fingerprint density at radius 1 is 1.44 bits per heavy atom. The van der Waals surface area contributed by atoms with Gasteiger partial charge in [0, 0.05) is 26.2 Å². The summed E-state index contributed by atoms with van der Waals surface area (Å²) < 4.78 is 5.27. The fourth-order valence-electron chi connectivity index (χ4n) is 1.91. The summed E-state index contributed by atoms with van der Waals surface area (Å²) in [4.78, 5) is 19.0. The zero-order valence-corrected chi connectivity index (χ0v) is 10.6. The Hall–Kier alpha value is -1.66. The van der Waals surface area contributed by atoms with Crippen LogP contribution in [-0.4, -0.2) is 42.0 Å². The van der Waals surface area contributed by atoms with Crippen LogP contribution in [0.1, 0.15) is 9.67 Å². The third-order valence-electron chi connectivity index (χ3n) is 2.85. The Bertz CT molecular complexity index is 529. The third-order valence-corrected chi connectivity index (χ3v) is 3.85. The number of hydrogen-bond donors (Lipinski definition) is 1. The number of thiazole rings is 1. The number of nitrogens with one attached hydrogen (secondary N) is 1. The first-order valence-electron chi connectivity index (χ1n) is 5.84. The summed E-state index contributed by atoms with van der Waals surface area (Å²) in [5.41, 5.74) is 0. The van der Waals surface area contributed by atoms with Crippen LogP contribution in [0.3, 0.4) is 0 Å². The molecule has 0 spiro atoms. The first-order chi connectivity index (χ1) is 8.84. The summed E-state index contributed by atoms with van der Waals surface area (Å²) in [7, 11) is 0. The smallest absolute Gasteiger partial charge is 0.265 e. The lowest BCUT2D eigenvalue weighted by Gasteiger charge is -2.26. The fraction of sp³-hybridized carbons (Fsp3) is 0.333. The topological polar surface area (TPSA) is 58.4 Å². The predicted molar refractivity (Wildman–Crippen MR) is 68.6 cm³/mol. The van der Waals surface area contributed by atoms with Gasteiger partial charge in [0.2, 0.25) is 0 Å². The monoisotopic (exact) mass is 263 g/mol. The fourth-order valence-corrected chi connectivity index (χ4v) is 2.76. The van der Waals surface area contributed by atoms with Gasteiger partial charge in [-0.1, -0.05) is 0 Å². The maximum absolute atomic E-state index is 12.2. The summed E-state index contributed by atoms with van der Waals surface area (Å²) in [6.07, 6.45) is 3.24. The van der Waals surface area contributed by atoms with Crippen molar-refractivity contribution >= 4 is 17.2 Å². The van der Waals surface area contributed by atoms with Gasteiger partial charge in [-0.3, -0.25) is 4.79 Å². The number of piperazine rings is 1. The second-order valence-corrected chi connectivity index (χ2v) is 5.08. The Balaban J connectivity index is 1.78. The van der Waals surface area contributed by atoms with Gasteiger partial charge in [-0.25, -0.2) is 4.98 Å². The Morgan fingerprint density at radius 2 is 2.28 bits per heavy atom. The van der Waals surface area contributed by atoms with Crippen molar-refractivity contribution in [1.82, 2.24) is 15.2 Å². The molecule has 3 heterocycles. The molecule has 0 aromatic carbocycles. The van der Waals surface area contributed by atoms with E-state index in [0.717, 1.165) is 31.2 Å². The van der Waals surface area contributed by atoms with Crippen LogP contribution in [0.15, 0.2) is 29.0 Å². The van der Waals surface area contributed by atoms with Crippen molar-refractivity contribution < 1.29 is 9.21 Å². The lowest BCUT2D eigenvalue weighted by atomic mass is 10.3. The Labute approximate surface area is 108 Å². The van der Waals surface area contributed by atoms with E-state index < -0.39 is 0 Å². The van der Waals surface area contributed by atoms with Crippen molar-refractivity contribution in [3.63, 3.8) is 0 Å². The normalized spacial score (nSPS) is 15.9. The molecule has 2 aromatic rings. The first-order valence-corrected chi connectivity index (χ1v) is 6.66. The number of carbonyl (C=O) groups excluding carboxylic acids is 1. The molecule has 2 aromatic heterocycles. The van der Waals surface area contributed by atoms with Gasteiger partial charge in [-0.05, 0) is 12.1 Å². The number of hydrogen-bond acceptors (Lipinski definition) is 5. The lowest BCUT2D eigenvalue weighted by Crippen LogP contribution is -2.46. The van der Waals surface area contributed by atoms with Crippen LogP contribution in [0.25, 0.3) is 10.8 Å². The van der Waals surface area contributed by atoms with Gasteiger partial charge in [0.15, 0.2) is 10.8 Å². The number of nitrogens with zero attached hydrogens (tertiary/aromatic N) is 2. The second-order valence-electron chi connectivity index (χ2n) is 4.05. The summed E-state index contributed by atoms with van der Waals surface area (Å²) >= 11 is 1.38. The van der Waals surface area contributed by atoms with Gasteiger partial charge in [0.25, 0.3) is 5.91 Å². The molecule has 3 rings (SSSR count). The van der Waals surface area contributed by atoms with E-state index in [9.17, 15) is 4.79 Å². The molecule has 0 atom stereocenters. The Kier molecular flexibility index (Phi) is 3.12. The van der Waals surface area contributed by atoms with Gasteiger partial charge >= 0.3 is 0 Å². The molecule has 18 heavy (non-hydrogen) atoms. The molecular formula is C12H13N3O2S. The minimum atomic E-state index is 0.0619. The molecule has 1 amide bonds. The number of aromatic nitrogens is 1. The molecule has 0 aliphatic carbocycles. The first kappa shape index (κ1) is 11.4. The maximum Gasteiger partial charge on any atom is 0.265 e. The highest BCUT2D eigenvalue weighted by Gasteiger charge is 2.20. The van der Waals surface area contributed by atoms with E-state index in [4.69, 9.17) is 4.42 Å². The molecule has 1 N–H and O–H groups in total. The summed E-state index contributed by atoms with van der Waals surface area (Å²) in [5.74, 6) is 0.770. The number of rotatable bonds is 2. The molecule has 1 saturated heterocycles. The van der Waals surface area contributed by atoms with Crippen LogP contribution in [0, 0.1) is 0 Å². The minimum absolute atomic E-state index is 0.0619. The average molecular weight is 263 g/mol. The van der Waals surface area contributed by atoms with Gasteiger partial charge in [-0.15, -0.1) is 11.3 Å². The van der Waals surface area contributed by atoms with Crippen molar-refractivity contribution in [2.75, 3.05) is 26.2 Å². The van der Waals surface area contributed by atoms with Crippen LogP contribution < -0.4 is 5.32 Å². The highest BCUT2D eigenvalue weighted by Crippen LogP contribution is 2.26. The van der Waals surface area contributed by atoms with Gasteiger partial charge in [0.1, 0.15) is 4.88 Å². The van der Waals surface area contributed by atoms with Gasteiger partial charge in [-0.2, -0.15) is 0 Å². The van der Waals surface area contributed by atoms with Crippen LogP contribution >= 0.6 is 11.3 Å². The zero-order chi connectivity index (χ0) is 12.4. The van der Waals surface area contributed by atoms with Crippen molar-refractivity contribution in [2.24, 2.45) is 0 Å². The molecule has 0 unspecified atom stereocenters. The van der Waals surface area contributed by atoms with Crippen molar-refractivity contribution in [3.05, 3.63) is 29.5 Å². The number of amides is 1. The van der Waals surface area contributed by atoms with E-state index in [1.807, 2.05) is 17.0 Å². The van der Waals surface area contributed by atoms with Gasteiger partial charge < -0.3 is 14.6 Å². The Morgan fingerprint density at radius 3 is 3.00 bits per heavy atom. The van der Waals surface area contributed by atoms with Crippen LogP contribution in [0.5, 0.6) is 0 Å². The van der Waals surface area contributed by atoms with Gasteiger partial charge in [0.05, 0.1) is 12.5 Å². The zero-order valence-electron chi connectivity index (χ0n) is 9.76. The van der Waals surface area contributed by atoms with Crippen LogP contribution in [-0.2, 0) is 0 Å². The van der Waals surface area contributed by atoms with E-state index in [1.165, 1.54) is 11.3 Å². The van der Waals surface area contributed by atoms with Crippen LogP contribution in [0.4, 0.5) is 0 Å². The summed E-state index contributed by atoms with van der Waals surface area (Å²) in [6.45, 7) is 3.23. The molecule has 1 aliphatic rings. The van der Waals surface area contributed by atoms with E-state index in [0.29, 0.717) is 10.6 Å². The number of furan rings is 1. The molecule has 0 radical (unpaired) electrons. The highest BCUT2D eigenvalue weighted by molar-refractivity contribution is 7.16. The van der Waals surface area contributed by atoms with Crippen molar-refractivity contribution in [1.29, 1.82) is 0 Å². The molecule has 94 valence electrons. The summed E-state index contributed by atoms with van der Waals surface area (Å²) in [6, 6.07) is 3.66. The highest BCUT2D eigenvalue weighted by atomic mass is 32.1. The van der Waals surface area contributed by atoms with E-state index in [1.54, 1.807) is 12.5 Å². The molecule has 0 saturated carbocycles. The average Bonchev–Trinajstić information content (AvgIpc) is 3.09. The van der Waals surface area contributed by atoms with Crippen molar-refractivity contribution in [2.45, 2.75) is 0 Å². The largest absolute Gasteiger partial charge is 0.462 e. The molecule has 0 bridgehead atoms. The molecule has 1 fully saturated rings. The molecule has 1 aliphatic heterocycles. The SMILES string of the molecule is O=C(c1cnc(-c2ccco2)s1)N1CCNCC1. The molecule has 5 nitrogen and oxygen atoms in total. The van der Waals surface area contributed by atoms with Crippen molar-refractivity contribution in [3.8, 4) is 10.8 Å². The number of carbonyl (C=O) groups is 1.